The first-order valence-corrected chi connectivity index (χ1v) is 10.4. The van der Waals surface area contributed by atoms with Gasteiger partial charge in [0.15, 0.2) is 0 Å². The van der Waals surface area contributed by atoms with E-state index >= 15 is 0 Å². The number of nitrogens with one attached hydrogen (secondary N) is 2. The number of anilines is 2. The van der Waals surface area contributed by atoms with Gasteiger partial charge in [0.1, 0.15) is 24.1 Å². The van der Waals surface area contributed by atoms with Crippen molar-refractivity contribution in [2.75, 3.05) is 17.2 Å². The molecule has 0 saturated heterocycles. The molecule has 0 bridgehead atoms. The minimum atomic E-state index is -4.30. The Bertz CT molecular complexity index is 747. The fraction of sp³-hybridized carbons (Fsp3) is 0.750. The number of alkyl halides is 3. The van der Waals surface area contributed by atoms with Gasteiger partial charge in [0.2, 0.25) is 5.95 Å². The van der Waals surface area contributed by atoms with Gasteiger partial charge in [-0.3, -0.25) is 0 Å². The van der Waals surface area contributed by atoms with Crippen molar-refractivity contribution >= 4 is 11.8 Å². The Morgan fingerprint density at radius 3 is 2.50 bits per heavy atom. The Balaban J connectivity index is 1.55. The third-order valence-corrected chi connectivity index (χ3v) is 5.89. The van der Waals surface area contributed by atoms with Gasteiger partial charge in [0.25, 0.3) is 0 Å². The highest BCUT2D eigenvalue weighted by Crippen LogP contribution is 2.28. The zero-order valence-corrected chi connectivity index (χ0v) is 17.0. The maximum Gasteiger partial charge on any atom is 0.411 e. The van der Waals surface area contributed by atoms with Crippen LogP contribution in [0, 0.1) is 17.2 Å². The number of ether oxygens (including phenoxy) is 1. The van der Waals surface area contributed by atoms with E-state index in [1.165, 1.54) is 6.20 Å². The highest BCUT2D eigenvalue weighted by atomic mass is 19.4. The van der Waals surface area contributed by atoms with Crippen molar-refractivity contribution in [2.24, 2.45) is 5.92 Å². The highest BCUT2D eigenvalue weighted by Gasteiger charge is 2.31. The molecule has 1 heterocycles. The summed E-state index contributed by atoms with van der Waals surface area (Å²) in [6.07, 6.45) is 1.15. The molecule has 0 spiro atoms. The molecule has 10 heteroatoms. The van der Waals surface area contributed by atoms with E-state index < -0.39 is 12.8 Å². The molecule has 3 rings (SSSR count). The number of nitrogens with zero attached hydrogens (tertiary/aromatic N) is 3. The summed E-state index contributed by atoms with van der Waals surface area (Å²) < 4.78 is 41.8. The Kier molecular flexibility index (Phi) is 7.36. The number of hydrogen-bond acceptors (Lipinski definition) is 7. The van der Waals surface area contributed by atoms with Crippen molar-refractivity contribution < 1.29 is 23.0 Å². The zero-order chi connectivity index (χ0) is 21.7. The molecule has 2 aliphatic carbocycles. The summed E-state index contributed by atoms with van der Waals surface area (Å²) in [5.74, 6) is 1.07. The first-order chi connectivity index (χ1) is 14.2. The summed E-state index contributed by atoms with van der Waals surface area (Å²) in [5.41, 5.74) is 0.331. The molecule has 0 aliphatic heterocycles. The molecule has 2 saturated carbocycles. The van der Waals surface area contributed by atoms with Gasteiger partial charge in [-0.2, -0.15) is 23.4 Å². The molecule has 1 aromatic heterocycles. The Morgan fingerprint density at radius 2 is 1.87 bits per heavy atom. The molecule has 2 aliphatic rings. The van der Waals surface area contributed by atoms with E-state index in [1.54, 1.807) is 0 Å². The van der Waals surface area contributed by atoms with Crippen LogP contribution in [0.3, 0.4) is 0 Å². The molecule has 30 heavy (non-hydrogen) atoms. The summed E-state index contributed by atoms with van der Waals surface area (Å²) in [4.78, 5) is 8.64. The standard InChI is InChI=1S/C20H28F3N5O2/c1-12-2-3-15(8-17(12)29)26-18-13(9-24)10-25-19(28-18)27-14-4-6-16(7-5-14)30-11-20(21,22)23/h10,12,14-17,29H,2-8,11H2,1H3,(H2,25,26,27,28)/t12-,14-,15-,16-,17-/m1/s1. The molecule has 166 valence electrons. The predicted octanol–water partition coefficient (Wildman–Crippen LogP) is 3.61. The van der Waals surface area contributed by atoms with Crippen LogP contribution in [0.25, 0.3) is 0 Å². The molecular weight excluding hydrogens is 399 g/mol. The second-order valence-electron chi connectivity index (χ2n) is 8.31. The third-order valence-electron chi connectivity index (χ3n) is 5.89. The number of rotatable bonds is 6. The maximum absolute atomic E-state index is 12.3. The normalized spacial score (nSPS) is 29.8. The van der Waals surface area contributed by atoms with Crippen molar-refractivity contribution in [2.45, 2.75) is 82.3 Å². The number of halogens is 3. The fourth-order valence-electron chi connectivity index (χ4n) is 4.03. The van der Waals surface area contributed by atoms with Gasteiger partial charge >= 0.3 is 6.18 Å². The fourth-order valence-corrected chi connectivity index (χ4v) is 4.03. The first-order valence-electron chi connectivity index (χ1n) is 10.4. The molecular formula is C20H28F3N5O2. The van der Waals surface area contributed by atoms with E-state index in [1.807, 2.05) is 6.92 Å². The van der Waals surface area contributed by atoms with Crippen molar-refractivity contribution in [1.82, 2.24) is 9.97 Å². The van der Waals surface area contributed by atoms with E-state index in [0.29, 0.717) is 49.4 Å². The Morgan fingerprint density at radius 1 is 1.17 bits per heavy atom. The van der Waals surface area contributed by atoms with Crippen LogP contribution in [0.2, 0.25) is 0 Å². The van der Waals surface area contributed by atoms with Gasteiger partial charge in [0.05, 0.1) is 18.4 Å². The SMILES string of the molecule is C[C@@H]1CC[C@@H](Nc2nc(N[C@H]3CC[C@H](OCC(F)(F)F)CC3)ncc2C#N)C[C@H]1O. The van der Waals surface area contributed by atoms with E-state index in [-0.39, 0.29) is 30.2 Å². The zero-order valence-electron chi connectivity index (χ0n) is 17.0. The molecule has 2 fully saturated rings. The summed E-state index contributed by atoms with van der Waals surface area (Å²) in [6.45, 7) is 0.815. The summed E-state index contributed by atoms with van der Waals surface area (Å²) in [5, 5.41) is 25.9. The molecule has 7 nitrogen and oxygen atoms in total. The quantitative estimate of drug-likeness (QED) is 0.637. The molecule has 0 radical (unpaired) electrons. The van der Waals surface area contributed by atoms with Crippen LogP contribution in [0.15, 0.2) is 6.20 Å². The topological polar surface area (TPSA) is 103 Å². The van der Waals surface area contributed by atoms with Crippen LogP contribution in [-0.4, -0.2) is 52.1 Å². The second kappa shape index (κ2) is 9.79. The average Bonchev–Trinajstić information content (AvgIpc) is 2.70. The highest BCUT2D eigenvalue weighted by molar-refractivity contribution is 5.54. The van der Waals surface area contributed by atoms with E-state index in [4.69, 9.17) is 4.74 Å². The largest absolute Gasteiger partial charge is 0.411 e. The van der Waals surface area contributed by atoms with Crippen molar-refractivity contribution in [3.63, 3.8) is 0 Å². The molecule has 0 unspecified atom stereocenters. The van der Waals surface area contributed by atoms with Crippen molar-refractivity contribution in [1.29, 1.82) is 5.26 Å². The van der Waals surface area contributed by atoms with E-state index in [2.05, 4.69) is 26.7 Å². The molecule has 0 amide bonds. The first kappa shape index (κ1) is 22.6. The van der Waals surface area contributed by atoms with Crippen molar-refractivity contribution in [3.05, 3.63) is 11.8 Å². The Hall–Kier alpha value is -2.12. The lowest BCUT2D eigenvalue weighted by atomic mass is 9.85. The van der Waals surface area contributed by atoms with Crippen LogP contribution in [0.5, 0.6) is 0 Å². The minimum Gasteiger partial charge on any atom is -0.393 e. The van der Waals surface area contributed by atoms with Gasteiger partial charge in [-0.1, -0.05) is 6.92 Å². The smallest absolute Gasteiger partial charge is 0.393 e. The number of aromatic nitrogens is 2. The molecule has 3 N–H and O–H groups in total. The van der Waals surface area contributed by atoms with Gasteiger partial charge in [-0.05, 0) is 50.9 Å². The third kappa shape index (κ3) is 6.44. The number of nitriles is 1. The number of aliphatic hydroxyl groups excluding tert-OH is 1. The van der Waals surface area contributed by atoms with Gasteiger partial charge in [-0.15, -0.1) is 0 Å². The molecule has 0 aromatic carbocycles. The lowest BCUT2D eigenvalue weighted by molar-refractivity contribution is -0.187. The van der Waals surface area contributed by atoms with Crippen molar-refractivity contribution in [3.8, 4) is 6.07 Å². The summed E-state index contributed by atoms with van der Waals surface area (Å²) >= 11 is 0. The van der Waals surface area contributed by atoms with Gasteiger partial charge in [0, 0.05) is 12.1 Å². The predicted molar refractivity (Wildman–Crippen MR) is 105 cm³/mol. The minimum absolute atomic E-state index is 0.0345. The average molecular weight is 427 g/mol. The maximum atomic E-state index is 12.3. The molecule has 3 atom stereocenters. The lowest BCUT2D eigenvalue weighted by Gasteiger charge is -2.32. The van der Waals surface area contributed by atoms with E-state index in [9.17, 15) is 23.5 Å². The number of hydrogen-bond donors (Lipinski definition) is 3. The lowest BCUT2D eigenvalue weighted by Crippen LogP contribution is -2.35. The number of aliphatic hydroxyl groups is 1. The van der Waals surface area contributed by atoms with Gasteiger partial charge < -0.3 is 20.5 Å². The Labute approximate surface area is 174 Å². The molecule has 1 aromatic rings. The monoisotopic (exact) mass is 427 g/mol. The van der Waals surface area contributed by atoms with Crippen LogP contribution in [0.1, 0.15) is 57.4 Å². The van der Waals surface area contributed by atoms with Gasteiger partial charge in [-0.25, -0.2) is 4.98 Å². The second-order valence-corrected chi connectivity index (χ2v) is 8.31. The van der Waals surface area contributed by atoms with Crippen LogP contribution >= 0.6 is 0 Å². The van der Waals surface area contributed by atoms with E-state index in [0.717, 1.165) is 12.8 Å². The summed E-state index contributed by atoms with van der Waals surface area (Å²) in [6, 6.07) is 2.15. The summed E-state index contributed by atoms with van der Waals surface area (Å²) in [7, 11) is 0. The van der Waals surface area contributed by atoms with Crippen LogP contribution < -0.4 is 10.6 Å². The van der Waals surface area contributed by atoms with Crippen LogP contribution in [0.4, 0.5) is 24.9 Å². The van der Waals surface area contributed by atoms with Crippen LogP contribution in [-0.2, 0) is 4.74 Å².